The second kappa shape index (κ2) is 8.43. The van der Waals surface area contributed by atoms with Crippen LogP contribution in [-0.2, 0) is 10.1 Å². The van der Waals surface area contributed by atoms with Gasteiger partial charge in [0.2, 0.25) is 0 Å². The fourth-order valence-electron chi connectivity index (χ4n) is 1.85. The molecule has 24 heavy (non-hydrogen) atoms. The van der Waals surface area contributed by atoms with Gasteiger partial charge in [-0.25, -0.2) is 4.98 Å². The van der Waals surface area contributed by atoms with Crippen LogP contribution in [0.4, 0.5) is 0 Å². The molecule has 2 aromatic rings. The number of pyridine rings is 1. The predicted octanol–water partition coefficient (Wildman–Crippen LogP) is 2.72. The van der Waals surface area contributed by atoms with Crippen LogP contribution in [-0.4, -0.2) is 37.1 Å². The number of aryl methyl sites for hydroxylation is 1. The van der Waals surface area contributed by atoms with Crippen molar-refractivity contribution >= 4 is 21.7 Å². The van der Waals surface area contributed by atoms with Gasteiger partial charge >= 0.3 is 0 Å². The van der Waals surface area contributed by atoms with E-state index >= 15 is 0 Å². The Labute approximate surface area is 146 Å². The van der Waals surface area contributed by atoms with E-state index in [9.17, 15) is 8.42 Å². The Morgan fingerprint density at radius 3 is 2.42 bits per heavy atom. The Kier molecular flexibility index (Phi) is 6.56. The van der Waals surface area contributed by atoms with Gasteiger partial charge in [0.1, 0.15) is 17.5 Å². The highest BCUT2D eigenvalue weighted by molar-refractivity contribution is 7.85. The summed E-state index contributed by atoms with van der Waals surface area (Å²) < 4.78 is 35.0. The van der Waals surface area contributed by atoms with Crippen molar-refractivity contribution in [3.05, 3.63) is 53.3 Å². The number of rotatable bonds is 4. The molecule has 1 aromatic heterocycles. The van der Waals surface area contributed by atoms with Gasteiger partial charge in [0, 0.05) is 6.04 Å². The van der Waals surface area contributed by atoms with E-state index in [-0.39, 0.29) is 4.90 Å². The van der Waals surface area contributed by atoms with E-state index in [0.29, 0.717) is 17.8 Å². The third-order valence-electron chi connectivity index (χ3n) is 3.40. The molecular formula is C16H19ClN2O4S. The van der Waals surface area contributed by atoms with Gasteiger partial charge in [0.05, 0.1) is 11.1 Å². The third-order valence-corrected chi connectivity index (χ3v) is 4.49. The Hall–Kier alpha value is -1.67. The Balaban J connectivity index is 0.000000177. The summed E-state index contributed by atoms with van der Waals surface area (Å²) in [5.74, 6) is 0.776. The maximum atomic E-state index is 10.5. The van der Waals surface area contributed by atoms with Gasteiger partial charge < -0.3 is 10.1 Å². The molecule has 1 saturated heterocycles. The molecule has 0 aliphatic carbocycles. The number of nitrogens with zero attached hydrogens (tertiary/aromatic N) is 1. The minimum absolute atomic E-state index is 0.0666. The molecule has 0 unspecified atom stereocenters. The lowest BCUT2D eigenvalue weighted by Gasteiger charge is -2.27. The van der Waals surface area contributed by atoms with Gasteiger partial charge in [-0.2, -0.15) is 8.42 Å². The fourth-order valence-corrected chi connectivity index (χ4v) is 2.44. The molecule has 0 radical (unpaired) electrons. The highest BCUT2D eigenvalue weighted by atomic mass is 35.5. The van der Waals surface area contributed by atoms with Crippen LogP contribution in [0.1, 0.15) is 12.0 Å². The van der Waals surface area contributed by atoms with Crippen molar-refractivity contribution in [2.75, 3.05) is 13.2 Å². The van der Waals surface area contributed by atoms with Crippen molar-refractivity contribution in [1.82, 2.24) is 10.3 Å². The van der Waals surface area contributed by atoms with E-state index in [0.717, 1.165) is 17.9 Å². The van der Waals surface area contributed by atoms with Gasteiger partial charge in [-0.1, -0.05) is 29.3 Å². The third kappa shape index (κ3) is 6.09. The first-order valence-corrected chi connectivity index (χ1v) is 9.18. The second-order valence-corrected chi connectivity index (χ2v) is 7.16. The molecule has 1 aliphatic rings. The van der Waals surface area contributed by atoms with E-state index < -0.39 is 10.1 Å². The summed E-state index contributed by atoms with van der Waals surface area (Å²) in [5.41, 5.74) is 0.956. The normalized spacial score (nSPS) is 16.5. The van der Waals surface area contributed by atoms with E-state index in [2.05, 4.69) is 10.3 Å². The zero-order valence-corrected chi connectivity index (χ0v) is 14.7. The van der Waals surface area contributed by atoms with Crippen molar-refractivity contribution in [3.63, 3.8) is 0 Å². The molecule has 2 N–H and O–H groups in total. The van der Waals surface area contributed by atoms with Crippen molar-refractivity contribution < 1.29 is 17.7 Å². The zero-order chi connectivity index (χ0) is 17.6. The summed E-state index contributed by atoms with van der Waals surface area (Å²) in [4.78, 5) is 3.85. The summed E-state index contributed by atoms with van der Waals surface area (Å²) in [6.45, 7) is 3.66. The number of benzene rings is 1. The van der Waals surface area contributed by atoms with Crippen LogP contribution in [0.15, 0.2) is 47.5 Å². The average Bonchev–Trinajstić information content (AvgIpc) is 2.48. The van der Waals surface area contributed by atoms with E-state index in [1.807, 2.05) is 13.0 Å². The Morgan fingerprint density at radius 2 is 1.96 bits per heavy atom. The van der Waals surface area contributed by atoms with Gasteiger partial charge in [-0.15, -0.1) is 0 Å². The van der Waals surface area contributed by atoms with Gasteiger partial charge in [0.25, 0.3) is 10.1 Å². The highest BCUT2D eigenvalue weighted by Crippen LogP contribution is 2.13. The molecule has 1 aromatic carbocycles. The van der Waals surface area contributed by atoms with Crippen molar-refractivity contribution in [3.8, 4) is 5.75 Å². The molecule has 0 amide bonds. The number of halogens is 1. The lowest BCUT2D eigenvalue weighted by molar-refractivity contribution is 0.217. The van der Waals surface area contributed by atoms with E-state index in [1.54, 1.807) is 24.4 Å². The van der Waals surface area contributed by atoms with Crippen molar-refractivity contribution in [1.29, 1.82) is 0 Å². The SMILES string of the molecule is Cc1ccc(S(=O)(=O)O)cc1.Clc1ccc(OC[C@H]2CCN2)cn1. The highest BCUT2D eigenvalue weighted by Gasteiger charge is 2.16. The lowest BCUT2D eigenvalue weighted by Crippen LogP contribution is -2.46. The van der Waals surface area contributed by atoms with Crippen LogP contribution in [0, 0.1) is 6.92 Å². The van der Waals surface area contributed by atoms with Crippen LogP contribution in [0.5, 0.6) is 5.75 Å². The molecule has 0 spiro atoms. The molecule has 1 aliphatic heterocycles. The molecule has 3 rings (SSSR count). The van der Waals surface area contributed by atoms with Gasteiger partial charge in [0.15, 0.2) is 0 Å². The average molecular weight is 371 g/mol. The number of hydrogen-bond acceptors (Lipinski definition) is 5. The smallest absolute Gasteiger partial charge is 0.294 e. The molecular weight excluding hydrogens is 352 g/mol. The lowest BCUT2D eigenvalue weighted by atomic mass is 10.1. The minimum Gasteiger partial charge on any atom is -0.490 e. The van der Waals surface area contributed by atoms with Crippen molar-refractivity contribution in [2.45, 2.75) is 24.3 Å². The zero-order valence-electron chi connectivity index (χ0n) is 13.1. The quantitative estimate of drug-likeness (QED) is 0.635. The topological polar surface area (TPSA) is 88.5 Å². The van der Waals surface area contributed by atoms with Crippen molar-refractivity contribution in [2.24, 2.45) is 0 Å². The number of ether oxygens (including phenoxy) is 1. The number of aromatic nitrogens is 1. The first-order valence-electron chi connectivity index (χ1n) is 7.36. The maximum Gasteiger partial charge on any atom is 0.294 e. The van der Waals surface area contributed by atoms with E-state index in [4.69, 9.17) is 20.9 Å². The minimum atomic E-state index is -4.02. The summed E-state index contributed by atoms with van der Waals surface area (Å²) in [5, 5.41) is 3.75. The number of hydrogen-bond donors (Lipinski definition) is 2. The predicted molar refractivity (Wildman–Crippen MR) is 92.1 cm³/mol. The molecule has 6 nitrogen and oxygen atoms in total. The summed E-state index contributed by atoms with van der Waals surface area (Å²) >= 11 is 5.63. The maximum absolute atomic E-state index is 10.5. The molecule has 130 valence electrons. The molecule has 1 fully saturated rings. The molecule has 0 bridgehead atoms. The largest absolute Gasteiger partial charge is 0.490 e. The second-order valence-electron chi connectivity index (χ2n) is 5.36. The summed E-state index contributed by atoms with van der Waals surface area (Å²) in [6.07, 6.45) is 2.84. The van der Waals surface area contributed by atoms with Gasteiger partial charge in [-0.05, 0) is 44.2 Å². The Bertz CT molecular complexity index is 745. The first kappa shape index (κ1) is 18.7. The first-order chi connectivity index (χ1) is 11.3. The summed E-state index contributed by atoms with van der Waals surface area (Å²) in [6, 6.07) is 10.1. The van der Waals surface area contributed by atoms with E-state index in [1.165, 1.54) is 18.6 Å². The molecule has 2 heterocycles. The van der Waals surface area contributed by atoms with Crippen LogP contribution >= 0.6 is 11.6 Å². The van der Waals surface area contributed by atoms with Crippen LogP contribution in [0.2, 0.25) is 5.15 Å². The van der Waals surface area contributed by atoms with Crippen LogP contribution in [0.25, 0.3) is 0 Å². The van der Waals surface area contributed by atoms with Gasteiger partial charge in [-0.3, -0.25) is 4.55 Å². The fraction of sp³-hybridized carbons (Fsp3) is 0.312. The van der Waals surface area contributed by atoms with Crippen LogP contribution < -0.4 is 10.1 Å². The Morgan fingerprint density at radius 1 is 1.29 bits per heavy atom. The monoisotopic (exact) mass is 370 g/mol. The standard InChI is InChI=1S/C9H11ClN2O.C7H8O3S/c10-9-2-1-8(5-12-9)13-6-7-3-4-11-7;1-6-2-4-7(5-3-6)11(8,9)10/h1-2,5,7,11H,3-4,6H2;2-5H,1H3,(H,8,9,10)/t7-;/m1./s1. The summed E-state index contributed by atoms with van der Waals surface area (Å²) in [7, 11) is -4.02. The molecule has 0 saturated carbocycles. The number of nitrogens with one attached hydrogen (secondary N) is 1. The molecule has 1 atom stereocenters. The van der Waals surface area contributed by atoms with Crippen LogP contribution in [0.3, 0.4) is 0 Å². The molecule has 8 heteroatoms.